The summed E-state index contributed by atoms with van der Waals surface area (Å²) in [5.41, 5.74) is 1.90. The molecule has 8 heteroatoms. The molecule has 3 aromatic rings. The monoisotopic (exact) mass is 462 g/mol. The molecule has 0 saturated carbocycles. The summed E-state index contributed by atoms with van der Waals surface area (Å²) >= 11 is 1.53. The van der Waals surface area contributed by atoms with Gasteiger partial charge < -0.3 is 19.9 Å². The minimum absolute atomic E-state index is 0.0269. The second-order valence-corrected chi connectivity index (χ2v) is 9.82. The van der Waals surface area contributed by atoms with E-state index in [1.165, 1.54) is 16.9 Å². The van der Waals surface area contributed by atoms with E-state index in [1.807, 2.05) is 66.6 Å². The zero-order valence-corrected chi connectivity index (χ0v) is 19.3. The Bertz CT molecular complexity index is 1130. The fourth-order valence-corrected chi connectivity index (χ4v) is 5.03. The molecule has 2 aromatic heterocycles. The van der Waals surface area contributed by atoms with E-state index in [4.69, 9.17) is 4.74 Å². The number of hydrogen-bond acceptors (Lipinski definition) is 5. The van der Waals surface area contributed by atoms with Gasteiger partial charge in [0.15, 0.2) is 0 Å². The third kappa shape index (κ3) is 4.85. The number of aromatic nitrogens is 1. The molecule has 33 heavy (non-hydrogen) atoms. The number of rotatable bonds is 5. The van der Waals surface area contributed by atoms with Crippen LogP contribution >= 0.6 is 11.3 Å². The summed E-state index contributed by atoms with van der Waals surface area (Å²) in [6.45, 7) is 4.68. The van der Waals surface area contributed by atoms with Gasteiger partial charge in [-0.25, -0.2) is 4.79 Å². The van der Waals surface area contributed by atoms with E-state index in [1.54, 1.807) is 11.1 Å². The van der Waals surface area contributed by atoms with Crippen molar-refractivity contribution in [1.29, 1.82) is 0 Å². The van der Waals surface area contributed by atoms with E-state index in [9.17, 15) is 9.59 Å². The number of aryl methyl sites for hydroxylation is 1. The highest BCUT2D eigenvalue weighted by Gasteiger charge is 2.32. The smallest absolute Gasteiger partial charge is 0.321 e. The van der Waals surface area contributed by atoms with Gasteiger partial charge in [-0.05, 0) is 55.0 Å². The van der Waals surface area contributed by atoms with Crippen LogP contribution in [-0.4, -0.2) is 59.0 Å². The minimum Gasteiger partial charge on any atom is -0.489 e. The molecule has 0 bridgehead atoms. The van der Waals surface area contributed by atoms with Crippen LogP contribution < -0.4 is 10.1 Å². The summed E-state index contributed by atoms with van der Waals surface area (Å²) < 4.78 is 6.08. The van der Waals surface area contributed by atoms with Crippen molar-refractivity contribution in [2.45, 2.75) is 25.4 Å². The van der Waals surface area contributed by atoms with Gasteiger partial charge in [0.2, 0.25) is 0 Å². The molecule has 0 spiro atoms. The fraction of sp³-hybridized carbons (Fsp3) is 0.320. The molecule has 7 nitrogen and oxygen atoms in total. The number of carbonyl (C=O) groups excluding carboxylic acids is 2. The van der Waals surface area contributed by atoms with Gasteiger partial charge in [0.1, 0.15) is 11.9 Å². The van der Waals surface area contributed by atoms with E-state index in [2.05, 4.69) is 10.3 Å². The molecule has 2 saturated heterocycles. The number of hydrogen-bond donors (Lipinski definition) is 1. The largest absolute Gasteiger partial charge is 0.489 e. The second kappa shape index (κ2) is 9.23. The molecule has 2 fully saturated rings. The number of thiophene rings is 1. The van der Waals surface area contributed by atoms with Crippen molar-refractivity contribution in [2.75, 3.05) is 31.5 Å². The molecular formula is C25H26N4O3S. The highest BCUT2D eigenvalue weighted by atomic mass is 32.1. The van der Waals surface area contributed by atoms with Crippen molar-refractivity contribution in [3.05, 3.63) is 76.2 Å². The molecule has 2 aliphatic heterocycles. The molecule has 0 unspecified atom stereocenters. The van der Waals surface area contributed by atoms with Crippen molar-refractivity contribution >= 4 is 29.0 Å². The Labute approximate surface area is 197 Å². The number of urea groups is 1. The Morgan fingerprint density at radius 1 is 1.06 bits per heavy atom. The molecule has 1 aromatic carbocycles. The predicted molar refractivity (Wildman–Crippen MR) is 128 cm³/mol. The standard InChI is InChI=1S/C25H26N4O3S/c1-17-4-9-23(33-17)24(30)28-12-10-22(16-28)32-21-7-5-20(6-8-21)27-25(31)29-14-19(15-29)18-3-2-11-26-13-18/h2-9,11,13,19,22H,10,12,14-16H2,1H3,(H,27,31)/t22-/m1/s1. The van der Waals surface area contributed by atoms with Crippen molar-refractivity contribution in [1.82, 2.24) is 14.8 Å². The SMILES string of the molecule is Cc1ccc(C(=O)N2CC[C@@H](Oc3ccc(NC(=O)N4CC(c5cccnc5)C4)cc3)C2)s1. The lowest BCUT2D eigenvalue weighted by molar-refractivity contribution is 0.0777. The Morgan fingerprint density at radius 3 is 2.58 bits per heavy atom. The number of anilines is 1. The molecule has 5 rings (SSSR count). The van der Waals surface area contributed by atoms with Gasteiger partial charge in [0, 0.05) is 54.9 Å². The Balaban J connectivity index is 1.09. The summed E-state index contributed by atoms with van der Waals surface area (Å²) in [5, 5.41) is 2.94. The summed E-state index contributed by atoms with van der Waals surface area (Å²) in [5.74, 6) is 1.16. The van der Waals surface area contributed by atoms with Crippen LogP contribution in [0.2, 0.25) is 0 Å². The van der Waals surface area contributed by atoms with Gasteiger partial charge in [-0.1, -0.05) is 6.07 Å². The number of pyridine rings is 1. The molecule has 0 aliphatic carbocycles. The zero-order valence-electron chi connectivity index (χ0n) is 18.4. The van der Waals surface area contributed by atoms with Crippen LogP contribution in [0.25, 0.3) is 0 Å². The number of likely N-dealkylation sites (tertiary alicyclic amines) is 2. The van der Waals surface area contributed by atoms with Crippen LogP contribution in [0.15, 0.2) is 60.9 Å². The van der Waals surface area contributed by atoms with Gasteiger partial charge in [-0.3, -0.25) is 9.78 Å². The topological polar surface area (TPSA) is 74.8 Å². The highest BCUT2D eigenvalue weighted by Crippen LogP contribution is 2.28. The Hall–Kier alpha value is -3.39. The molecule has 3 amide bonds. The molecule has 2 aliphatic rings. The van der Waals surface area contributed by atoms with E-state index >= 15 is 0 Å². The first-order valence-corrected chi connectivity index (χ1v) is 11.9. The van der Waals surface area contributed by atoms with Gasteiger partial charge in [-0.2, -0.15) is 0 Å². The zero-order chi connectivity index (χ0) is 22.8. The third-order valence-electron chi connectivity index (χ3n) is 6.12. The van der Waals surface area contributed by atoms with Gasteiger partial charge >= 0.3 is 6.03 Å². The number of benzene rings is 1. The van der Waals surface area contributed by atoms with Crippen LogP contribution in [0.4, 0.5) is 10.5 Å². The van der Waals surface area contributed by atoms with Crippen LogP contribution in [-0.2, 0) is 0 Å². The minimum atomic E-state index is -0.0995. The van der Waals surface area contributed by atoms with E-state index in [0.29, 0.717) is 32.1 Å². The van der Waals surface area contributed by atoms with Crippen molar-refractivity contribution < 1.29 is 14.3 Å². The van der Waals surface area contributed by atoms with Crippen molar-refractivity contribution in [3.8, 4) is 5.75 Å². The molecule has 1 atom stereocenters. The average Bonchev–Trinajstić information content (AvgIpc) is 3.43. The molecule has 170 valence electrons. The number of ether oxygens (including phenoxy) is 1. The lowest BCUT2D eigenvalue weighted by Gasteiger charge is -2.39. The second-order valence-electron chi connectivity index (χ2n) is 8.53. The van der Waals surface area contributed by atoms with Crippen LogP contribution in [0, 0.1) is 6.92 Å². The van der Waals surface area contributed by atoms with Crippen LogP contribution in [0.1, 0.15) is 32.5 Å². The maximum absolute atomic E-state index is 12.6. The lowest BCUT2D eigenvalue weighted by atomic mass is 9.93. The van der Waals surface area contributed by atoms with E-state index in [0.717, 1.165) is 27.6 Å². The molecule has 4 heterocycles. The van der Waals surface area contributed by atoms with E-state index < -0.39 is 0 Å². The van der Waals surface area contributed by atoms with Gasteiger partial charge in [-0.15, -0.1) is 11.3 Å². The lowest BCUT2D eigenvalue weighted by Crippen LogP contribution is -2.50. The number of nitrogens with one attached hydrogen (secondary N) is 1. The summed E-state index contributed by atoms with van der Waals surface area (Å²) in [6.07, 6.45) is 4.40. The number of carbonyl (C=O) groups is 2. The van der Waals surface area contributed by atoms with Crippen LogP contribution in [0.3, 0.4) is 0 Å². The summed E-state index contributed by atoms with van der Waals surface area (Å²) in [7, 11) is 0. The van der Waals surface area contributed by atoms with Gasteiger partial charge in [0.25, 0.3) is 5.91 Å². The first-order valence-electron chi connectivity index (χ1n) is 11.1. The van der Waals surface area contributed by atoms with Crippen molar-refractivity contribution in [3.63, 3.8) is 0 Å². The van der Waals surface area contributed by atoms with E-state index in [-0.39, 0.29) is 18.0 Å². The maximum Gasteiger partial charge on any atom is 0.321 e. The number of nitrogens with zero attached hydrogens (tertiary/aromatic N) is 3. The van der Waals surface area contributed by atoms with Gasteiger partial charge in [0.05, 0.1) is 11.4 Å². The normalized spacial score (nSPS) is 18.2. The predicted octanol–water partition coefficient (Wildman–Crippen LogP) is 4.38. The first kappa shape index (κ1) is 21.5. The molecule has 1 N–H and O–H groups in total. The van der Waals surface area contributed by atoms with Crippen LogP contribution in [0.5, 0.6) is 5.75 Å². The number of amides is 3. The summed E-state index contributed by atoms with van der Waals surface area (Å²) in [4.78, 5) is 34.8. The Morgan fingerprint density at radius 2 is 1.88 bits per heavy atom. The highest BCUT2D eigenvalue weighted by molar-refractivity contribution is 7.13. The molecular weight excluding hydrogens is 436 g/mol. The quantitative estimate of drug-likeness (QED) is 0.611. The third-order valence-corrected chi connectivity index (χ3v) is 7.10. The Kier molecular flexibility index (Phi) is 6.00. The first-order chi connectivity index (χ1) is 16.0. The fourth-order valence-electron chi connectivity index (χ4n) is 4.20. The average molecular weight is 463 g/mol. The maximum atomic E-state index is 12.6. The summed E-state index contributed by atoms with van der Waals surface area (Å²) in [6, 6.07) is 15.1. The van der Waals surface area contributed by atoms with Crippen molar-refractivity contribution in [2.24, 2.45) is 0 Å². The molecule has 0 radical (unpaired) electrons.